The third-order valence-electron chi connectivity index (χ3n) is 5.76. The average Bonchev–Trinajstić information content (AvgIpc) is 2.66. The first-order valence-electron chi connectivity index (χ1n) is 9.60. The van der Waals surface area contributed by atoms with Gasteiger partial charge in [0.05, 0.1) is 0 Å². The quantitative estimate of drug-likeness (QED) is 0.720. The van der Waals surface area contributed by atoms with Crippen LogP contribution in [-0.2, 0) is 6.54 Å². The standard InChI is InChI=1S/C21H22Cl3N3O2/c1-13-5-7-15(8-6-13)19(29)25-20(21(22,23)24)26-10-14-9-16(12-26)17-3-2-4-18(28)27(17)11-14/h2-8,14,16,20H,9-12H2,1H3,(H,25,29)/t14-,16-,20-/m0/s1. The summed E-state index contributed by atoms with van der Waals surface area (Å²) in [5.74, 6) is 0.128. The molecule has 2 aliphatic rings. The molecule has 0 unspecified atom stereocenters. The zero-order valence-electron chi connectivity index (χ0n) is 15.9. The summed E-state index contributed by atoms with van der Waals surface area (Å²) in [6.07, 6.45) is 0.215. The molecule has 4 rings (SSSR count). The molecule has 3 atom stereocenters. The maximum atomic E-state index is 12.8. The lowest BCUT2D eigenvalue weighted by atomic mass is 9.83. The summed E-state index contributed by atoms with van der Waals surface area (Å²) in [5, 5.41) is 2.91. The number of likely N-dealkylation sites (tertiary alicyclic amines) is 1. The number of aryl methyl sites for hydroxylation is 1. The Bertz CT molecular complexity index is 968. The van der Waals surface area contributed by atoms with E-state index in [0.717, 1.165) is 17.7 Å². The summed E-state index contributed by atoms with van der Waals surface area (Å²) in [6.45, 7) is 3.85. The summed E-state index contributed by atoms with van der Waals surface area (Å²) < 4.78 is 0.160. The highest BCUT2D eigenvalue weighted by molar-refractivity contribution is 6.68. The molecular formula is C21H22Cl3N3O2. The topological polar surface area (TPSA) is 54.3 Å². The van der Waals surface area contributed by atoms with Crippen LogP contribution in [-0.4, -0.2) is 38.4 Å². The first-order valence-corrected chi connectivity index (χ1v) is 10.7. The van der Waals surface area contributed by atoms with E-state index in [1.165, 1.54) is 0 Å². The van der Waals surface area contributed by atoms with Gasteiger partial charge >= 0.3 is 0 Å². The average molecular weight is 455 g/mol. The van der Waals surface area contributed by atoms with Crippen molar-refractivity contribution in [1.29, 1.82) is 0 Å². The number of halogens is 3. The van der Waals surface area contributed by atoms with E-state index in [0.29, 0.717) is 25.2 Å². The smallest absolute Gasteiger partial charge is 0.252 e. The molecule has 1 fully saturated rings. The zero-order chi connectivity index (χ0) is 20.8. The van der Waals surface area contributed by atoms with Crippen molar-refractivity contribution in [3.05, 3.63) is 69.6 Å². The van der Waals surface area contributed by atoms with E-state index < -0.39 is 9.96 Å². The van der Waals surface area contributed by atoms with Gasteiger partial charge in [-0.3, -0.25) is 14.5 Å². The number of fused-ring (bicyclic) bond motifs is 4. The molecule has 3 heterocycles. The second kappa shape index (κ2) is 7.95. The van der Waals surface area contributed by atoms with E-state index in [-0.39, 0.29) is 23.3 Å². The third kappa shape index (κ3) is 4.33. The summed E-state index contributed by atoms with van der Waals surface area (Å²) in [5.41, 5.74) is 2.61. The van der Waals surface area contributed by atoms with Gasteiger partial charge in [0.2, 0.25) is 3.79 Å². The van der Waals surface area contributed by atoms with Crippen molar-refractivity contribution in [2.24, 2.45) is 5.92 Å². The lowest BCUT2D eigenvalue weighted by molar-refractivity contribution is 0.0586. The van der Waals surface area contributed by atoms with E-state index in [2.05, 4.69) is 5.32 Å². The van der Waals surface area contributed by atoms with Gasteiger partial charge < -0.3 is 9.88 Å². The number of amides is 1. The lowest BCUT2D eigenvalue weighted by Crippen LogP contribution is -2.60. The van der Waals surface area contributed by atoms with Crippen molar-refractivity contribution in [3.8, 4) is 0 Å². The second-order valence-electron chi connectivity index (χ2n) is 7.94. The monoisotopic (exact) mass is 453 g/mol. The summed E-state index contributed by atoms with van der Waals surface area (Å²) >= 11 is 18.9. The van der Waals surface area contributed by atoms with E-state index in [1.54, 1.807) is 24.3 Å². The van der Waals surface area contributed by atoms with E-state index in [9.17, 15) is 9.59 Å². The molecule has 0 radical (unpaired) electrons. The maximum absolute atomic E-state index is 12.8. The van der Waals surface area contributed by atoms with Gasteiger partial charge in [-0.2, -0.15) is 0 Å². The third-order valence-corrected chi connectivity index (χ3v) is 6.38. The number of benzene rings is 1. The van der Waals surface area contributed by atoms with Crippen LogP contribution in [0.15, 0.2) is 47.3 Å². The molecule has 0 aliphatic carbocycles. The predicted molar refractivity (Wildman–Crippen MR) is 116 cm³/mol. The zero-order valence-corrected chi connectivity index (χ0v) is 18.2. The number of piperidine rings is 1. The van der Waals surface area contributed by atoms with E-state index >= 15 is 0 Å². The number of carbonyl (C=O) groups is 1. The van der Waals surface area contributed by atoms with Crippen LogP contribution in [0.1, 0.15) is 34.0 Å². The molecule has 2 aliphatic heterocycles. The normalized spacial score (nSPS) is 22.6. The fraction of sp³-hybridized carbons (Fsp3) is 0.429. The molecule has 154 valence electrons. The summed E-state index contributed by atoms with van der Waals surface area (Å²) in [4.78, 5) is 27.0. The highest BCUT2D eigenvalue weighted by atomic mass is 35.6. The van der Waals surface area contributed by atoms with Gasteiger partial charge in [-0.05, 0) is 37.5 Å². The van der Waals surface area contributed by atoms with E-state index in [4.69, 9.17) is 34.8 Å². The van der Waals surface area contributed by atoms with Crippen LogP contribution in [0.3, 0.4) is 0 Å². The molecule has 5 nitrogen and oxygen atoms in total. The van der Waals surface area contributed by atoms with Crippen molar-refractivity contribution in [2.45, 2.75) is 35.8 Å². The molecule has 2 aromatic rings. The number of hydrogen-bond acceptors (Lipinski definition) is 3. The Morgan fingerprint density at radius 2 is 1.83 bits per heavy atom. The molecule has 8 heteroatoms. The van der Waals surface area contributed by atoms with Crippen molar-refractivity contribution in [3.63, 3.8) is 0 Å². The first kappa shape index (κ1) is 20.7. The number of aromatic nitrogens is 1. The fourth-order valence-electron chi connectivity index (χ4n) is 4.44. The molecule has 1 aromatic carbocycles. The summed E-state index contributed by atoms with van der Waals surface area (Å²) in [6, 6.07) is 12.6. The van der Waals surface area contributed by atoms with Crippen molar-refractivity contribution in [2.75, 3.05) is 13.1 Å². The van der Waals surface area contributed by atoms with Gasteiger partial charge in [0, 0.05) is 42.9 Å². The Balaban J connectivity index is 1.58. The Morgan fingerprint density at radius 3 is 2.52 bits per heavy atom. The molecule has 0 spiro atoms. The van der Waals surface area contributed by atoms with Gasteiger partial charge in [0.1, 0.15) is 6.17 Å². The van der Waals surface area contributed by atoms with Crippen molar-refractivity contribution in [1.82, 2.24) is 14.8 Å². The number of nitrogens with one attached hydrogen (secondary N) is 1. The van der Waals surface area contributed by atoms with Crippen LogP contribution in [0.25, 0.3) is 0 Å². The Kier molecular flexibility index (Phi) is 5.68. The summed E-state index contributed by atoms with van der Waals surface area (Å²) in [7, 11) is 0. The van der Waals surface area contributed by atoms with Crippen LogP contribution < -0.4 is 10.9 Å². The number of rotatable bonds is 3. The molecule has 1 saturated heterocycles. The van der Waals surface area contributed by atoms with Gasteiger partial charge in [-0.1, -0.05) is 58.6 Å². The van der Waals surface area contributed by atoms with Gasteiger partial charge in [-0.15, -0.1) is 0 Å². The highest BCUT2D eigenvalue weighted by Gasteiger charge is 2.44. The van der Waals surface area contributed by atoms with Crippen LogP contribution >= 0.6 is 34.8 Å². The molecular weight excluding hydrogens is 433 g/mol. The Morgan fingerprint density at radius 1 is 1.10 bits per heavy atom. The number of carbonyl (C=O) groups excluding carboxylic acids is 1. The van der Waals surface area contributed by atoms with Gasteiger partial charge in [-0.25, -0.2) is 0 Å². The van der Waals surface area contributed by atoms with Crippen molar-refractivity contribution < 1.29 is 4.79 Å². The fourth-order valence-corrected chi connectivity index (χ4v) is 5.01. The lowest BCUT2D eigenvalue weighted by Gasteiger charge is -2.47. The molecule has 1 amide bonds. The SMILES string of the molecule is Cc1ccc(C(=O)N[C@@H](N2C[C@@H]3C[C@@H](C2)c2cccc(=O)n2C3)C(Cl)(Cl)Cl)cc1. The minimum absolute atomic E-state index is 0.0243. The van der Waals surface area contributed by atoms with Gasteiger partial charge in [0.15, 0.2) is 0 Å². The number of alkyl halides is 3. The molecule has 0 saturated carbocycles. The molecule has 2 bridgehead atoms. The molecule has 1 aromatic heterocycles. The number of nitrogens with zero attached hydrogens (tertiary/aromatic N) is 2. The first-order chi connectivity index (χ1) is 13.7. The second-order valence-corrected chi connectivity index (χ2v) is 10.3. The van der Waals surface area contributed by atoms with Gasteiger partial charge in [0.25, 0.3) is 11.5 Å². The maximum Gasteiger partial charge on any atom is 0.252 e. The molecule has 29 heavy (non-hydrogen) atoms. The Hall–Kier alpha value is -1.53. The van der Waals surface area contributed by atoms with Crippen LogP contribution in [0.2, 0.25) is 0 Å². The largest absolute Gasteiger partial charge is 0.332 e. The van der Waals surface area contributed by atoms with Crippen molar-refractivity contribution >= 4 is 40.7 Å². The minimum atomic E-state index is -1.69. The van der Waals surface area contributed by atoms with Crippen LogP contribution in [0.4, 0.5) is 0 Å². The highest BCUT2D eigenvalue weighted by Crippen LogP contribution is 2.39. The predicted octanol–water partition coefficient (Wildman–Crippen LogP) is 3.70. The Labute approximate surface area is 184 Å². The number of pyridine rings is 1. The minimum Gasteiger partial charge on any atom is -0.332 e. The van der Waals surface area contributed by atoms with E-state index in [1.807, 2.05) is 34.6 Å². The van der Waals surface area contributed by atoms with Crippen LogP contribution in [0, 0.1) is 12.8 Å². The molecule has 1 N–H and O–H groups in total. The van der Waals surface area contributed by atoms with Crippen LogP contribution in [0.5, 0.6) is 0 Å². The number of hydrogen-bond donors (Lipinski definition) is 1.